The number of hydrogen-bond acceptors (Lipinski definition) is 3. The van der Waals surface area contributed by atoms with Crippen molar-refractivity contribution in [2.75, 3.05) is 18.0 Å². The van der Waals surface area contributed by atoms with Crippen molar-refractivity contribution >= 4 is 22.5 Å². The lowest BCUT2D eigenvalue weighted by Crippen LogP contribution is -2.26. The molecule has 19 heavy (non-hydrogen) atoms. The Bertz CT molecular complexity index is 638. The van der Waals surface area contributed by atoms with Crippen LogP contribution in [-0.4, -0.2) is 24.0 Å². The van der Waals surface area contributed by atoms with Crippen molar-refractivity contribution in [1.29, 1.82) is 0 Å². The fourth-order valence-corrected chi connectivity index (χ4v) is 2.62. The summed E-state index contributed by atoms with van der Waals surface area (Å²) in [6.07, 6.45) is 0.540. The van der Waals surface area contributed by atoms with E-state index in [1.165, 1.54) is 0 Å². The van der Waals surface area contributed by atoms with Crippen molar-refractivity contribution in [1.82, 2.24) is 4.98 Å². The second-order valence-corrected chi connectivity index (χ2v) is 5.11. The van der Waals surface area contributed by atoms with Gasteiger partial charge in [0, 0.05) is 24.0 Å². The van der Waals surface area contributed by atoms with Crippen LogP contribution in [-0.2, 0) is 4.79 Å². The molecule has 0 saturated carbocycles. The molecular formula is C15H17N3O. The van der Waals surface area contributed by atoms with Crippen LogP contribution in [0.4, 0.5) is 5.69 Å². The Balaban J connectivity index is 2.10. The van der Waals surface area contributed by atoms with Crippen LogP contribution in [0, 0.1) is 12.8 Å². The molecule has 2 N–H and O–H groups in total. The van der Waals surface area contributed by atoms with E-state index in [1.807, 2.05) is 42.2 Å². The third-order valence-corrected chi connectivity index (χ3v) is 3.67. The second-order valence-electron chi connectivity index (χ2n) is 5.11. The number of aromatic nitrogens is 1. The lowest BCUT2D eigenvalue weighted by atomic mass is 10.1. The summed E-state index contributed by atoms with van der Waals surface area (Å²) in [6.45, 7) is 3.22. The minimum absolute atomic E-state index is 0.145. The highest BCUT2D eigenvalue weighted by molar-refractivity contribution is 6.03. The number of benzene rings is 1. The first-order chi connectivity index (χ1) is 9.19. The topological polar surface area (TPSA) is 59.2 Å². The van der Waals surface area contributed by atoms with E-state index in [0.717, 1.165) is 22.3 Å². The van der Waals surface area contributed by atoms with Crippen LogP contribution in [0.2, 0.25) is 0 Å². The van der Waals surface area contributed by atoms with Crippen LogP contribution in [0.1, 0.15) is 12.1 Å². The fraction of sp³-hybridized carbons (Fsp3) is 0.333. The summed E-state index contributed by atoms with van der Waals surface area (Å²) in [5, 5.41) is 1.06. The Labute approximate surface area is 112 Å². The maximum atomic E-state index is 12.1. The van der Waals surface area contributed by atoms with E-state index in [-0.39, 0.29) is 11.8 Å². The average molecular weight is 255 g/mol. The summed E-state index contributed by atoms with van der Waals surface area (Å²) in [4.78, 5) is 18.5. The van der Waals surface area contributed by atoms with Crippen molar-refractivity contribution in [3.05, 3.63) is 36.0 Å². The zero-order valence-electron chi connectivity index (χ0n) is 11.0. The number of aryl methyl sites for hydroxylation is 1. The molecule has 1 aliphatic heterocycles. The van der Waals surface area contributed by atoms with E-state index in [9.17, 15) is 4.79 Å². The number of fused-ring (bicyclic) bond motifs is 1. The molecule has 1 aromatic heterocycles. The molecule has 1 aromatic carbocycles. The predicted molar refractivity (Wildman–Crippen MR) is 76.0 cm³/mol. The molecule has 0 bridgehead atoms. The van der Waals surface area contributed by atoms with Gasteiger partial charge in [0.1, 0.15) is 0 Å². The summed E-state index contributed by atoms with van der Waals surface area (Å²) in [7, 11) is 0. The minimum Gasteiger partial charge on any atom is -0.330 e. The van der Waals surface area contributed by atoms with Gasteiger partial charge in [-0.3, -0.25) is 9.78 Å². The number of carbonyl (C=O) groups is 1. The standard InChI is InChI=1S/C15H17N3O/c1-10-5-6-12-3-2-4-13(15(12)17-10)18-9-11(8-16)7-14(18)19/h2-6,11H,7-9,16H2,1H3. The van der Waals surface area contributed by atoms with E-state index < -0.39 is 0 Å². The van der Waals surface area contributed by atoms with Gasteiger partial charge in [-0.2, -0.15) is 0 Å². The third-order valence-electron chi connectivity index (χ3n) is 3.67. The summed E-state index contributed by atoms with van der Waals surface area (Å²) in [6, 6.07) is 9.98. The monoisotopic (exact) mass is 255 g/mol. The Morgan fingerprint density at radius 2 is 2.21 bits per heavy atom. The van der Waals surface area contributed by atoms with Gasteiger partial charge in [0.05, 0.1) is 11.2 Å². The van der Waals surface area contributed by atoms with Gasteiger partial charge in [0.15, 0.2) is 0 Å². The van der Waals surface area contributed by atoms with Crippen LogP contribution < -0.4 is 10.6 Å². The Kier molecular flexibility index (Phi) is 2.95. The zero-order valence-corrected chi connectivity index (χ0v) is 11.0. The maximum absolute atomic E-state index is 12.1. The van der Waals surface area contributed by atoms with E-state index in [4.69, 9.17) is 5.73 Å². The van der Waals surface area contributed by atoms with Gasteiger partial charge in [0.25, 0.3) is 0 Å². The maximum Gasteiger partial charge on any atom is 0.227 e. The minimum atomic E-state index is 0.145. The highest BCUT2D eigenvalue weighted by Gasteiger charge is 2.30. The van der Waals surface area contributed by atoms with Crippen LogP contribution in [0.25, 0.3) is 10.9 Å². The molecule has 2 heterocycles. The Hall–Kier alpha value is -1.94. The number of amides is 1. The largest absolute Gasteiger partial charge is 0.330 e. The third kappa shape index (κ3) is 2.08. The van der Waals surface area contributed by atoms with Crippen molar-refractivity contribution in [2.24, 2.45) is 11.7 Å². The van der Waals surface area contributed by atoms with Gasteiger partial charge in [-0.25, -0.2) is 0 Å². The molecule has 1 amide bonds. The van der Waals surface area contributed by atoms with Crippen LogP contribution in [0.5, 0.6) is 0 Å². The molecule has 0 aliphatic carbocycles. The smallest absolute Gasteiger partial charge is 0.227 e. The number of para-hydroxylation sites is 1. The Morgan fingerprint density at radius 1 is 1.37 bits per heavy atom. The fourth-order valence-electron chi connectivity index (χ4n) is 2.62. The van der Waals surface area contributed by atoms with Crippen molar-refractivity contribution in [3.8, 4) is 0 Å². The molecule has 98 valence electrons. The summed E-state index contributed by atoms with van der Waals surface area (Å²) >= 11 is 0. The molecule has 1 unspecified atom stereocenters. The SMILES string of the molecule is Cc1ccc2cccc(N3CC(CN)CC3=O)c2n1. The summed E-state index contributed by atoms with van der Waals surface area (Å²) in [5.41, 5.74) is 8.44. The number of hydrogen-bond donors (Lipinski definition) is 1. The molecule has 4 heteroatoms. The van der Waals surface area contributed by atoms with E-state index >= 15 is 0 Å². The van der Waals surface area contributed by atoms with Crippen LogP contribution in [0.3, 0.4) is 0 Å². The highest BCUT2D eigenvalue weighted by Crippen LogP contribution is 2.30. The van der Waals surface area contributed by atoms with Crippen LogP contribution in [0.15, 0.2) is 30.3 Å². The molecule has 1 fully saturated rings. The van der Waals surface area contributed by atoms with Gasteiger partial charge < -0.3 is 10.6 Å². The molecule has 3 rings (SSSR count). The number of anilines is 1. The van der Waals surface area contributed by atoms with Crippen LogP contribution >= 0.6 is 0 Å². The molecule has 0 spiro atoms. The molecule has 4 nitrogen and oxygen atoms in total. The quantitative estimate of drug-likeness (QED) is 0.891. The number of rotatable bonds is 2. The number of carbonyl (C=O) groups excluding carboxylic acids is 1. The molecule has 1 saturated heterocycles. The Morgan fingerprint density at radius 3 is 2.95 bits per heavy atom. The van der Waals surface area contributed by atoms with E-state index in [1.54, 1.807) is 0 Å². The van der Waals surface area contributed by atoms with Gasteiger partial charge >= 0.3 is 0 Å². The molecule has 0 radical (unpaired) electrons. The van der Waals surface area contributed by atoms with E-state index in [0.29, 0.717) is 19.5 Å². The molecule has 2 aromatic rings. The molecule has 1 atom stereocenters. The summed E-state index contributed by atoms with van der Waals surface area (Å²) in [5.74, 6) is 0.402. The van der Waals surface area contributed by atoms with Gasteiger partial charge in [-0.1, -0.05) is 18.2 Å². The number of nitrogens with zero attached hydrogens (tertiary/aromatic N) is 2. The first-order valence-corrected chi connectivity index (χ1v) is 6.56. The highest BCUT2D eigenvalue weighted by atomic mass is 16.2. The molecule has 1 aliphatic rings. The van der Waals surface area contributed by atoms with Gasteiger partial charge in [-0.15, -0.1) is 0 Å². The predicted octanol–water partition coefficient (Wildman–Crippen LogP) is 1.85. The van der Waals surface area contributed by atoms with Gasteiger partial charge in [-0.05, 0) is 31.5 Å². The number of nitrogens with two attached hydrogens (primary N) is 1. The van der Waals surface area contributed by atoms with Crippen molar-refractivity contribution in [2.45, 2.75) is 13.3 Å². The number of pyridine rings is 1. The van der Waals surface area contributed by atoms with Crippen molar-refractivity contribution in [3.63, 3.8) is 0 Å². The normalized spacial score (nSPS) is 19.4. The van der Waals surface area contributed by atoms with E-state index in [2.05, 4.69) is 4.98 Å². The second kappa shape index (κ2) is 4.63. The molecular weight excluding hydrogens is 238 g/mol. The lowest BCUT2D eigenvalue weighted by molar-refractivity contribution is -0.117. The first-order valence-electron chi connectivity index (χ1n) is 6.56. The average Bonchev–Trinajstić information content (AvgIpc) is 2.79. The first kappa shape index (κ1) is 12.1. The van der Waals surface area contributed by atoms with Crippen molar-refractivity contribution < 1.29 is 4.79 Å². The zero-order chi connectivity index (χ0) is 13.4. The lowest BCUT2D eigenvalue weighted by Gasteiger charge is -2.18. The van der Waals surface area contributed by atoms with Gasteiger partial charge in [0.2, 0.25) is 5.91 Å². The summed E-state index contributed by atoms with van der Waals surface area (Å²) < 4.78 is 0.